The van der Waals surface area contributed by atoms with E-state index < -0.39 is 10.0 Å². The number of hydrogen-bond donors (Lipinski definition) is 2. The fourth-order valence-electron chi connectivity index (χ4n) is 2.11. The molecule has 0 fully saturated rings. The van der Waals surface area contributed by atoms with Crippen molar-refractivity contribution in [2.75, 3.05) is 4.72 Å². The second-order valence-corrected chi connectivity index (χ2v) is 6.39. The summed E-state index contributed by atoms with van der Waals surface area (Å²) >= 11 is 0. The first-order valence-corrected chi connectivity index (χ1v) is 7.69. The molecule has 0 aliphatic heterocycles. The number of aryl methyl sites for hydroxylation is 3. The van der Waals surface area contributed by atoms with E-state index in [1.807, 2.05) is 6.92 Å². The van der Waals surface area contributed by atoms with Crippen LogP contribution in [0.2, 0.25) is 0 Å². The maximum Gasteiger partial charge on any atom is 0.279 e. The third-order valence-corrected chi connectivity index (χ3v) is 4.38. The van der Waals surface area contributed by atoms with Crippen molar-refractivity contribution < 1.29 is 8.42 Å². The highest BCUT2D eigenvalue weighted by Gasteiger charge is 2.17. The molecule has 0 spiro atoms. The Labute approximate surface area is 121 Å². The summed E-state index contributed by atoms with van der Waals surface area (Å²) in [7, 11) is -1.91. The van der Waals surface area contributed by atoms with Crippen LogP contribution in [0.5, 0.6) is 0 Å². The van der Waals surface area contributed by atoms with E-state index in [2.05, 4.69) is 24.8 Å². The zero-order valence-electron chi connectivity index (χ0n) is 11.7. The predicted molar refractivity (Wildman–Crippen MR) is 77.4 cm³/mol. The van der Waals surface area contributed by atoms with Crippen molar-refractivity contribution in [1.29, 1.82) is 0 Å². The molecular formula is C12H14N6O2S. The Balaban J connectivity index is 2.00. The number of H-pyrrole nitrogens is 1. The standard InChI is InChI=1S/C12H14N6O2S/c1-7-10-4-9(5-14-12(10)18(3)16-7)17-21(19,20)11-6-13-8(2)15-11/h4-6,17H,1-3H3,(H,13,15). The van der Waals surface area contributed by atoms with Gasteiger partial charge in [0.15, 0.2) is 10.7 Å². The second-order valence-electron chi connectivity index (χ2n) is 4.74. The summed E-state index contributed by atoms with van der Waals surface area (Å²) in [6.45, 7) is 3.53. The number of hydrogen-bond acceptors (Lipinski definition) is 5. The van der Waals surface area contributed by atoms with Crippen LogP contribution in [0.4, 0.5) is 5.69 Å². The lowest BCUT2D eigenvalue weighted by molar-refractivity contribution is 0.598. The predicted octanol–water partition coefficient (Wildman–Crippen LogP) is 1.11. The minimum Gasteiger partial charge on any atom is -0.332 e. The minimum atomic E-state index is -3.70. The highest BCUT2D eigenvalue weighted by Crippen LogP contribution is 2.21. The molecule has 0 saturated heterocycles. The van der Waals surface area contributed by atoms with Crippen LogP contribution >= 0.6 is 0 Å². The van der Waals surface area contributed by atoms with Gasteiger partial charge in [-0.1, -0.05) is 0 Å². The Hall–Kier alpha value is -2.42. The van der Waals surface area contributed by atoms with Crippen molar-refractivity contribution in [3.05, 3.63) is 30.0 Å². The average Bonchev–Trinajstić information content (AvgIpc) is 2.95. The van der Waals surface area contributed by atoms with E-state index in [0.29, 0.717) is 17.2 Å². The van der Waals surface area contributed by atoms with Crippen molar-refractivity contribution in [3.8, 4) is 0 Å². The van der Waals surface area contributed by atoms with Gasteiger partial charge in [-0.3, -0.25) is 9.40 Å². The maximum atomic E-state index is 12.2. The van der Waals surface area contributed by atoms with Gasteiger partial charge in [-0.2, -0.15) is 13.5 Å². The van der Waals surface area contributed by atoms with Crippen LogP contribution in [-0.2, 0) is 17.1 Å². The SMILES string of the molecule is Cc1ncc(S(=O)(=O)Nc2cnc3c(c2)c(C)nn3C)[nH]1. The molecule has 0 aliphatic carbocycles. The van der Waals surface area contributed by atoms with Gasteiger partial charge in [-0.05, 0) is 19.9 Å². The second kappa shape index (κ2) is 4.55. The number of aromatic nitrogens is 5. The van der Waals surface area contributed by atoms with Crippen LogP contribution in [0, 0.1) is 13.8 Å². The highest BCUT2D eigenvalue weighted by atomic mass is 32.2. The number of nitrogens with one attached hydrogen (secondary N) is 2. The zero-order chi connectivity index (χ0) is 15.2. The first kappa shape index (κ1) is 13.6. The van der Waals surface area contributed by atoms with Gasteiger partial charge < -0.3 is 4.98 Å². The van der Waals surface area contributed by atoms with Gasteiger partial charge in [0.1, 0.15) is 5.82 Å². The molecule has 0 aliphatic rings. The van der Waals surface area contributed by atoms with E-state index in [-0.39, 0.29) is 5.03 Å². The summed E-state index contributed by atoms with van der Waals surface area (Å²) in [5.74, 6) is 0.534. The Morgan fingerprint density at radius 2 is 2.00 bits per heavy atom. The molecule has 9 heteroatoms. The lowest BCUT2D eigenvalue weighted by Crippen LogP contribution is -2.13. The summed E-state index contributed by atoms with van der Waals surface area (Å²) in [6.07, 6.45) is 2.74. The van der Waals surface area contributed by atoms with Crippen LogP contribution < -0.4 is 4.72 Å². The number of sulfonamides is 1. The number of fused-ring (bicyclic) bond motifs is 1. The van der Waals surface area contributed by atoms with E-state index in [0.717, 1.165) is 11.1 Å². The molecule has 3 rings (SSSR count). The smallest absolute Gasteiger partial charge is 0.279 e. The molecule has 2 N–H and O–H groups in total. The highest BCUT2D eigenvalue weighted by molar-refractivity contribution is 7.92. The Kier molecular flexibility index (Phi) is 2.94. The Bertz CT molecular complexity index is 925. The third kappa shape index (κ3) is 2.35. The number of anilines is 1. The Morgan fingerprint density at radius 3 is 2.67 bits per heavy atom. The molecule has 3 aromatic rings. The first-order chi connectivity index (χ1) is 9.87. The van der Waals surface area contributed by atoms with E-state index in [9.17, 15) is 8.42 Å². The first-order valence-electron chi connectivity index (χ1n) is 6.20. The molecule has 0 amide bonds. The molecule has 0 bridgehead atoms. The van der Waals surface area contributed by atoms with Gasteiger partial charge in [0.25, 0.3) is 10.0 Å². The molecule has 8 nitrogen and oxygen atoms in total. The number of nitrogens with zero attached hydrogens (tertiary/aromatic N) is 4. The molecule has 21 heavy (non-hydrogen) atoms. The summed E-state index contributed by atoms with van der Waals surface area (Å²) < 4.78 is 28.6. The van der Waals surface area contributed by atoms with Gasteiger partial charge in [-0.25, -0.2) is 9.97 Å². The topological polar surface area (TPSA) is 106 Å². The summed E-state index contributed by atoms with van der Waals surface area (Å²) in [5.41, 5.74) is 1.87. The fraction of sp³-hybridized carbons (Fsp3) is 0.250. The molecule has 3 heterocycles. The minimum absolute atomic E-state index is 0.0167. The van der Waals surface area contributed by atoms with Crippen molar-refractivity contribution in [2.45, 2.75) is 18.9 Å². The van der Waals surface area contributed by atoms with Gasteiger partial charge in [0.05, 0.1) is 23.8 Å². The molecule has 0 unspecified atom stereocenters. The van der Waals surface area contributed by atoms with Crippen molar-refractivity contribution in [1.82, 2.24) is 24.7 Å². The van der Waals surface area contributed by atoms with E-state index in [1.165, 1.54) is 12.4 Å². The summed E-state index contributed by atoms with van der Waals surface area (Å²) in [6, 6.07) is 1.71. The monoisotopic (exact) mass is 306 g/mol. The van der Waals surface area contributed by atoms with Crippen molar-refractivity contribution in [2.24, 2.45) is 7.05 Å². The lowest BCUT2D eigenvalue weighted by atomic mass is 10.3. The number of imidazole rings is 1. The molecule has 110 valence electrons. The zero-order valence-corrected chi connectivity index (χ0v) is 12.6. The molecule has 3 aromatic heterocycles. The third-order valence-electron chi connectivity index (χ3n) is 3.08. The number of pyridine rings is 1. The fourth-order valence-corrected chi connectivity index (χ4v) is 3.11. The van der Waals surface area contributed by atoms with Crippen molar-refractivity contribution >= 4 is 26.7 Å². The van der Waals surface area contributed by atoms with Gasteiger partial charge in [0.2, 0.25) is 0 Å². The average molecular weight is 306 g/mol. The van der Waals surface area contributed by atoms with Crippen LogP contribution in [0.25, 0.3) is 11.0 Å². The lowest BCUT2D eigenvalue weighted by Gasteiger charge is -2.06. The maximum absolute atomic E-state index is 12.2. The van der Waals surface area contributed by atoms with Crippen LogP contribution in [0.3, 0.4) is 0 Å². The van der Waals surface area contributed by atoms with Gasteiger partial charge >= 0.3 is 0 Å². The summed E-state index contributed by atoms with van der Waals surface area (Å²) in [5, 5.41) is 5.07. The van der Waals surface area contributed by atoms with Crippen molar-refractivity contribution in [3.63, 3.8) is 0 Å². The normalized spacial score (nSPS) is 12.0. The van der Waals surface area contributed by atoms with Crippen LogP contribution in [-0.4, -0.2) is 33.2 Å². The molecule has 0 atom stereocenters. The number of aromatic amines is 1. The molecular weight excluding hydrogens is 292 g/mol. The molecule has 0 saturated carbocycles. The Morgan fingerprint density at radius 1 is 1.24 bits per heavy atom. The quantitative estimate of drug-likeness (QED) is 0.754. The van der Waals surface area contributed by atoms with Crippen LogP contribution in [0.1, 0.15) is 11.5 Å². The van der Waals surface area contributed by atoms with Gasteiger partial charge in [-0.15, -0.1) is 0 Å². The van der Waals surface area contributed by atoms with Crippen LogP contribution in [0.15, 0.2) is 23.5 Å². The van der Waals surface area contributed by atoms with E-state index >= 15 is 0 Å². The number of rotatable bonds is 3. The van der Waals surface area contributed by atoms with Gasteiger partial charge in [0, 0.05) is 12.4 Å². The molecule has 0 radical (unpaired) electrons. The molecule has 0 aromatic carbocycles. The largest absolute Gasteiger partial charge is 0.332 e. The summed E-state index contributed by atoms with van der Waals surface area (Å²) in [4.78, 5) is 10.8. The van der Waals surface area contributed by atoms with E-state index in [4.69, 9.17) is 0 Å². The van der Waals surface area contributed by atoms with E-state index in [1.54, 1.807) is 24.7 Å².